The Morgan fingerprint density at radius 1 is 0.538 bits per heavy atom. The highest BCUT2D eigenvalue weighted by atomic mass is 15.3. The third-order valence-electron chi connectivity index (χ3n) is 6.59. The van der Waals surface area contributed by atoms with Crippen molar-refractivity contribution >= 4 is 0 Å². The molecular formula is C33H28N6. The summed E-state index contributed by atoms with van der Waals surface area (Å²) in [7, 11) is 0. The van der Waals surface area contributed by atoms with E-state index in [0.717, 1.165) is 34.0 Å². The molecule has 4 aromatic heterocycles. The van der Waals surface area contributed by atoms with Gasteiger partial charge in [-0.05, 0) is 65.6 Å². The minimum atomic E-state index is 0.0484. The van der Waals surface area contributed by atoms with Crippen molar-refractivity contribution in [3.63, 3.8) is 0 Å². The van der Waals surface area contributed by atoms with Gasteiger partial charge in [-0.3, -0.25) is 9.55 Å². The lowest BCUT2D eigenvalue weighted by molar-refractivity contribution is 0.590. The highest BCUT2D eigenvalue weighted by Gasteiger charge is 2.20. The third kappa shape index (κ3) is 4.97. The van der Waals surface area contributed by atoms with Crippen molar-refractivity contribution in [2.45, 2.75) is 26.2 Å². The summed E-state index contributed by atoms with van der Waals surface area (Å²) in [5.74, 6) is 1.28. The summed E-state index contributed by atoms with van der Waals surface area (Å²) in [4.78, 5) is 14.4. The van der Waals surface area contributed by atoms with Gasteiger partial charge in [-0.2, -0.15) is 0 Å². The molecule has 39 heavy (non-hydrogen) atoms. The number of aromatic nitrogens is 6. The van der Waals surface area contributed by atoms with Crippen LogP contribution in [0.1, 0.15) is 26.3 Å². The molecule has 6 aromatic rings. The topological polar surface area (TPSA) is 69.4 Å². The fourth-order valence-corrected chi connectivity index (χ4v) is 4.52. The zero-order valence-corrected chi connectivity index (χ0v) is 22.2. The Kier molecular flexibility index (Phi) is 6.29. The molecule has 0 unspecified atom stereocenters. The highest BCUT2D eigenvalue weighted by Crippen LogP contribution is 2.31. The zero-order valence-electron chi connectivity index (χ0n) is 22.2. The number of rotatable bonds is 5. The molecule has 0 aliphatic heterocycles. The van der Waals surface area contributed by atoms with Crippen LogP contribution in [0.2, 0.25) is 0 Å². The smallest absolute Gasteiger partial charge is 0.187 e. The van der Waals surface area contributed by atoms with E-state index in [1.165, 1.54) is 5.56 Å². The first kappa shape index (κ1) is 24.4. The lowest BCUT2D eigenvalue weighted by atomic mass is 9.86. The average molecular weight is 509 g/mol. The van der Waals surface area contributed by atoms with E-state index >= 15 is 0 Å². The van der Waals surface area contributed by atoms with Crippen LogP contribution in [0.15, 0.2) is 115 Å². The van der Waals surface area contributed by atoms with Crippen LogP contribution in [0.3, 0.4) is 0 Å². The predicted molar refractivity (Wildman–Crippen MR) is 155 cm³/mol. The van der Waals surface area contributed by atoms with Crippen LogP contribution in [0.4, 0.5) is 0 Å². The summed E-state index contributed by atoms with van der Waals surface area (Å²) < 4.78 is 2.02. The Labute approximate surface area is 228 Å². The predicted octanol–water partition coefficient (Wildman–Crippen LogP) is 7.42. The molecule has 0 aliphatic rings. The molecule has 0 radical (unpaired) electrons. The van der Waals surface area contributed by atoms with E-state index in [4.69, 9.17) is 9.97 Å². The molecular weight excluding hydrogens is 480 g/mol. The third-order valence-corrected chi connectivity index (χ3v) is 6.59. The van der Waals surface area contributed by atoms with Crippen molar-refractivity contribution in [3.05, 3.63) is 121 Å². The normalized spacial score (nSPS) is 11.5. The van der Waals surface area contributed by atoms with E-state index in [2.05, 4.69) is 60.2 Å². The second kappa shape index (κ2) is 10.1. The van der Waals surface area contributed by atoms with Crippen LogP contribution in [-0.4, -0.2) is 29.7 Å². The summed E-state index contributed by atoms with van der Waals surface area (Å²) >= 11 is 0. The Bertz CT molecular complexity index is 1730. The minimum Gasteiger partial charge on any atom is -0.272 e. The number of para-hydroxylation sites is 1. The van der Waals surface area contributed by atoms with Crippen molar-refractivity contribution in [2.75, 3.05) is 0 Å². The van der Waals surface area contributed by atoms with Gasteiger partial charge in [0.2, 0.25) is 0 Å². The van der Waals surface area contributed by atoms with Crippen molar-refractivity contribution in [1.82, 2.24) is 29.7 Å². The molecule has 0 amide bonds. The van der Waals surface area contributed by atoms with E-state index in [1.807, 2.05) is 89.5 Å². The molecule has 6 heteroatoms. The lowest BCUT2D eigenvalue weighted by Gasteiger charge is -2.19. The van der Waals surface area contributed by atoms with Crippen LogP contribution >= 0.6 is 0 Å². The molecule has 0 fully saturated rings. The highest BCUT2D eigenvalue weighted by molar-refractivity contribution is 5.68. The quantitative estimate of drug-likeness (QED) is 0.242. The molecule has 0 saturated heterocycles. The number of benzene rings is 2. The van der Waals surface area contributed by atoms with Gasteiger partial charge < -0.3 is 0 Å². The van der Waals surface area contributed by atoms with Crippen molar-refractivity contribution < 1.29 is 0 Å². The first-order valence-corrected chi connectivity index (χ1v) is 13.0. The van der Waals surface area contributed by atoms with E-state index in [0.29, 0.717) is 17.3 Å². The second-order valence-electron chi connectivity index (χ2n) is 10.4. The molecule has 0 spiro atoms. The molecule has 6 rings (SSSR count). The van der Waals surface area contributed by atoms with Gasteiger partial charge in [0.25, 0.3) is 0 Å². The van der Waals surface area contributed by atoms with Gasteiger partial charge in [0, 0.05) is 17.4 Å². The maximum absolute atomic E-state index is 5.04. The van der Waals surface area contributed by atoms with Gasteiger partial charge in [-0.15, -0.1) is 10.2 Å². The summed E-state index contributed by atoms with van der Waals surface area (Å²) in [6.07, 6.45) is 1.77. The van der Waals surface area contributed by atoms with Gasteiger partial charge in [-0.1, -0.05) is 75.4 Å². The molecule has 190 valence electrons. The summed E-state index contributed by atoms with van der Waals surface area (Å²) in [6, 6.07) is 36.3. The molecule has 4 heterocycles. The van der Waals surface area contributed by atoms with Crippen molar-refractivity contribution in [2.24, 2.45) is 0 Å². The molecule has 0 bridgehead atoms. The summed E-state index contributed by atoms with van der Waals surface area (Å²) in [5.41, 5.74) is 7.21. The maximum atomic E-state index is 5.04. The van der Waals surface area contributed by atoms with Crippen LogP contribution in [0, 0.1) is 0 Å². The Balaban J connectivity index is 1.48. The minimum absolute atomic E-state index is 0.0484. The van der Waals surface area contributed by atoms with Gasteiger partial charge >= 0.3 is 0 Å². The second-order valence-corrected chi connectivity index (χ2v) is 10.4. The summed E-state index contributed by atoms with van der Waals surface area (Å²) in [5, 5.41) is 9.24. The number of nitrogens with zero attached hydrogens (tertiary/aromatic N) is 6. The maximum Gasteiger partial charge on any atom is 0.187 e. The zero-order chi connectivity index (χ0) is 26.8. The van der Waals surface area contributed by atoms with Crippen LogP contribution < -0.4 is 0 Å². The fourth-order valence-electron chi connectivity index (χ4n) is 4.52. The van der Waals surface area contributed by atoms with E-state index in [9.17, 15) is 0 Å². The lowest BCUT2D eigenvalue weighted by Crippen LogP contribution is -2.10. The van der Waals surface area contributed by atoms with Gasteiger partial charge in [0.15, 0.2) is 11.6 Å². The van der Waals surface area contributed by atoms with Crippen molar-refractivity contribution in [3.8, 4) is 51.4 Å². The molecule has 0 N–H and O–H groups in total. The molecule has 0 saturated carbocycles. The SMILES string of the molecule is CC(C)(C)c1cccc(-c2cccc(-c3nnc(-c4cccc(-c5ccccn5)n4)n3-c3ccccc3)n2)c1. The van der Waals surface area contributed by atoms with Crippen LogP contribution in [0.25, 0.3) is 51.4 Å². The Morgan fingerprint density at radius 2 is 1.13 bits per heavy atom. The summed E-state index contributed by atoms with van der Waals surface area (Å²) in [6.45, 7) is 6.66. The van der Waals surface area contributed by atoms with Gasteiger partial charge in [0.05, 0.1) is 17.1 Å². The first-order valence-electron chi connectivity index (χ1n) is 13.0. The standard InChI is InChI=1S/C33H28N6/c1-33(2,3)24-13-9-12-23(22-24)26-17-10-19-29(35-26)31-37-38-32(39(31)25-14-5-4-6-15-25)30-20-11-18-28(36-30)27-16-7-8-21-34-27/h4-22H,1-3H3. The average Bonchev–Trinajstić information content (AvgIpc) is 3.43. The largest absolute Gasteiger partial charge is 0.272 e. The van der Waals surface area contributed by atoms with Gasteiger partial charge in [0.1, 0.15) is 11.4 Å². The van der Waals surface area contributed by atoms with Crippen LogP contribution in [0.5, 0.6) is 0 Å². The molecule has 6 nitrogen and oxygen atoms in total. The van der Waals surface area contributed by atoms with E-state index in [-0.39, 0.29) is 5.41 Å². The number of hydrogen-bond donors (Lipinski definition) is 0. The van der Waals surface area contributed by atoms with E-state index < -0.39 is 0 Å². The Morgan fingerprint density at radius 3 is 1.79 bits per heavy atom. The molecule has 0 aliphatic carbocycles. The monoisotopic (exact) mass is 508 g/mol. The van der Waals surface area contributed by atoms with Crippen molar-refractivity contribution in [1.29, 1.82) is 0 Å². The van der Waals surface area contributed by atoms with E-state index in [1.54, 1.807) is 6.20 Å². The van der Waals surface area contributed by atoms with Gasteiger partial charge in [-0.25, -0.2) is 9.97 Å². The number of hydrogen-bond acceptors (Lipinski definition) is 5. The molecule has 0 atom stereocenters. The van der Waals surface area contributed by atoms with Crippen LogP contribution in [-0.2, 0) is 5.41 Å². The Hall–Kier alpha value is -4.97. The number of pyridine rings is 3. The first-order chi connectivity index (χ1) is 19.0. The molecule has 2 aromatic carbocycles. The fraction of sp³-hybridized carbons (Fsp3) is 0.121.